The highest BCUT2D eigenvalue weighted by Crippen LogP contribution is 2.28. The molecule has 0 N–H and O–H groups in total. The molecule has 0 spiro atoms. The molecule has 158 valence electrons. The Morgan fingerprint density at radius 1 is 1.00 bits per heavy atom. The molecule has 1 atom stereocenters. The molecule has 0 aromatic heterocycles. The number of methoxy groups -OCH3 is 2. The van der Waals surface area contributed by atoms with E-state index in [0.717, 1.165) is 11.1 Å². The molecule has 2 rings (SSSR count). The van der Waals surface area contributed by atoms with Crippen LogP contribution in [0.15, 0.2) is 73.3 Å². The molecule has 2 aromatic carbocycles. The Morgan fingerprint density at radius 2 is 1.73 bits per heavy atom. The predicted molar refractivity (Wildman–Crippen MR) is 114 cm³/mol. The zero-order chi connectivity index (χ0) is 21.8. The van der Waals surface area contributed by atoms with Crippen LogP contribution in [-0.2, 0) is 31.9 Å². The average Bonchev–Trinajstić information content (AvgIpc) is 2.77. The molecule has 0 bridgehead atoms. The highest BCUT2D eigenvalue weighted by molar-refractivity contribution is 5.85. The van der Waals surface area contributed by atoms with Crippen molar-refractivity contribution in [2.24, 2.45) is 0 Å². The zero-order valence-corrected chi connectivity index (χ0v) is 17.2. The van der Waals surface area contributed by atoms with Gasteiger partial charge in [-0.2, -0.15) is 0 Å². The normalized spacial score (nSPS) is 11.5. The molecular weight excluding hydrogens is 384 g/mol. The molecule has 0 fully saturated rings. The van der Waals surface area contributed by atoms with Crippen LogP contribution in [0.4, 0.5) is 0 Å². The van der Waals surface area contributed by atoms with Gasteiger partial charge in [0.05, 0.1) is 14.2 Å². The van der Waals surface area contributed by atoms with Gasteiger partial charge in [-0.15, -0.1) is 0 Å². The molecule has 0 amide bonds. The van der Waals surface area contributed by atoms with E-state index in [-0.39, 0.29) is 13.0 Å². The second-order valence-corrected chi connectivity index (χ2v) is 6.33. The van der Waals surface area contributed by atoms with Gasteiger partial charge in [0.1, 0.15) is 6.61 Å². The second-order valence-electron chi connectivity index (χ2n) is 6.33. The molecule has 0 heterocycles. The van der Waals surface area contributed by atoms with Crippen molar-refractivity contribution in [2.75, 3.05) is 20.8 Å². The molecular formula is C24H26O6. The fourth-order valence-electron chi connectivity index (χ4n) is 2.71. The van der Waals surface area contributed by atoms with E-state index in [1.807, 2.05) is 30.3 Å². The van der Waals surface area contributed by atoms with Gasteiger partial charge in [0.25, 0.3) is 0 Å². The molecule has 0 aliphatic heterocycles. The molecule has 0 aliphatic carbocycles. The fraction of sp³-hybridized carbons (Fsp3) is 0.250. The molecule has 0 saturated heterocycles. The van der Waals surface area contributed by atoms with Crippen LogP contribution in [0.25, 0.3) is 0 Å². The number of rotatable bonds is 11. The monoisotopic (exact) mass is 410 g/mol. The molecule has 6 heteroatoms. The van der Waals surface area contributed by atoms with Gasteiger partial charge in [0.2, 0.25) is 6.10 Å². The lowest BCUT2D eigenvalue weighted by atomic mass is 10.1. The summed E-state index contributed by atoms with van der Waals surface area (Å²) in [5.41, 5.74) is 1.79. The van der Waals surface area contributed by atoms with Crippen molar-refractivity contribution in [3.8, 4) is 11.5 Å². The van der Waals surface area contributed by atoms with Crippen LogP contribution in [0.3, 0.4) is 0 Å². The Balaban J connectivity index is 2.07. The van der Waals surface area contributed by atoms with E-state index in [1.165, 1.54) is 26.4 Å². The maximum Gasteiger partial charge on any atom is 0.348 e. The predicted octanol–water partition coefficient (Wildman–Crippen LogP) is 3.69. The van der Waals surface area contributed by atoms with E-state index < -0.39 is 18.0 Å². The van der Waals surface area contributed by atoms with E-state index in [4.69, 9.17) is 18.9 Å². The number of hydrogen-bond donors (Lipinski definition) is 0. The van der Waals surface area contributed by atoms with Crippen molar-refractivity contribution in [3.63, 3.8) is 0 Å². The van der Waals surface area contributed by atoms with Crippen molar-refractivity contribution in [3.05, 3.63) is 84.5 Å². The van der Waals surface area contributed by atoms with Gasteiger partial charge in [-0.05, 0) is 29.7 Å². The first kappa shape index (κ1) is 22.7. The quantitative estimate of drug-likeness (QED) is 0.320. The standard InChI is InChI=1S/C24H26O6/c1-4-15-29-24(26)22(17-19-13-14-20(27-2)21(16-19)28-3)30-23(25)12-8-11-18-9-6-5-7-10-18/h4-10,12-14,16,22H,1,11,15,17H2,2-3H3/b12-8+. The molecule has 1 unspecified atom stereocenters. The SMILES string of the molecule is C=CCOC(=O)C(Cc1ccc(OC)c(OC)c1)OC(=O)/C=C/Cc1ccccc1. The van der Waals surface area contributed by atoms with Crippen LogP contribution in [0.1, 0.15) is 11.1 Å². The van der Waals surface area contributed by atoms with E-state index in [0.29, 0.717) is 17.9 Å². The summed E-state index contributed by atoms with van der Waals surface area (Å²) in [7, 11) is 3.06. The number of benzene rings is 2. The van der Waals surface area contributed by atoms with Crippen LogP contribution in [0, 0.1) is 0 Å². The highest BCUT2D eigenvalue weighted by atomic mass is 16.6. The summed E-state index contributed by atoms with van der Waals surface area (Å²) < 4.78 is 21.0. The van der Waals surface area contributed by atoms with E-state index in [1.54, 1.807) is 24.3 Å². The third-order valence-corrected chi connectivity index (χ3v) is 4.18. The van der Waals surface area contributed by atoms with Gasteiger partial charge in [-0.3, -0.25) is 0 Å². The lowest BCUT2D eigenvalue weighted by Gasteiger charge is -2.17. The van der Waals surface area contributed by atoms with Gasteiger partial charge in [0, 0.05) is 12.5 Å². The van der Waals surface area contributed by atoms with Crippen LogP contribution in [0.2, 0.25) is 0 Å². The number of allylic oxidation sites excluding steroid dienone is 1. The van der Waals surface area contributed by atoms with Gasteiger partial charge in [-0.25, -0.2) is 9.59 Å². The maximum absolute atomic E-state index is 12.4. The summed E-state index contributed by atoms with van der Waals surface area (Å²) in [4.78, 5) is 24.6. The lowest BCUT2D eigenvalue weighted by Crippen LogP contribution is -2.31. The lowest BCUT2D eigenvalue weighted by molar-refractivity contribution is -0.164. The molecule has 0 saturated carbocycles. The third kappa shape index (κ3) is 7.13. The number of ether oxygens (including phenoxy) is 4. The first-order chi connectivity index (χ1) is 14.6. The zero-order valence-electron chi connectivity index (χ0n) is 17.2. The average molecular weight is 410 g/mol. The minimum Gasteiger partial charge on any atom is -0.493 e. The Labute approximate surface area is 176 Å². The maximum atomic E-state index is 12.4. The summed E-state index contributed by atoms with van der Waals surface area (Å²) in [5, 5.41) is 0. The fourth-order valence-corrected chi connectivity index (χ4v) is 2.71. The van der Waals surface area contributed by atoms with Crippen molar-refractivity contribution < 1.29 is 28.5 Å². The van der Waals surface area contributed by atoms with E-state index in [2.05, 4.69) is 6.58 Å². The van der Waals surface area contributed by atoms with Gasteiger partial charge >= 0.3 is 11.9 Å². The minimum absolute atomic E-state index is 0.0304. The Hall–Kier alpha value is -3.54. The number of carbonyl (C=O) groups is 2. The van der Waals surface area contributed by atoms with Crippen molar-refractivity contribution in [2.45, 2.75) is 18.9 Å². The van der Waals surface area contributed by atoms with E-state index in [9.17, 15) is 9.59 Å². The largest absolute Gasteiger partial charge is 0.493 e. The molecule has 0 aliphatic rings. The second kappa shape index (κ2) is 12.1. The third-order valence-electron chi connectivity index (χ3n) is 4.18. The highest BCUT2D eigenvalue weighted by Gasteiger charge is 2.24. The van der Waals surface area contributed by atoms with Crippen LogP contribution in [-0.4, -0.2) is 38.9 Å². The molecule has 30 heavy (non-hydrogen) atoms. The Morgan fingerprint density at radius 3 is 2.40 bits per heavy atom. The smallest absolute Gasteiger partial charge is 0.348 e. The van der Waals surface area contributed by atoms with Gasteiger partial charge in [0.15, 0.2) is 11.5 Å². The van der Waals surface area contributed by atoms with Gasteiger partial charge in [-0.1, -0.05) is 55.1 Å². The first-order valence-corrected chi connectivity index (χ1v) is 9.47. The Kier molecular flexibility index (Phi) is 9.18. The molecule has 2 aromatic rings. The summed E-state index contributed by atoms with van der Waals surface area (Å²) in [6.45, 7) is 3.55. The number of carbonyl (C=O) groups excluding carboxylic acids is 2. The Bertz CT molecular complexity index is 873. The van der Waals surface area contributed by atoms with Crippen molar-refractivity contribution in [1.29, 1.82) is 0 Å². The number of esters is 2. The first-order valence-electron chi connectivity index (χ1n) is 9.47. The van der Waals surface area contributed by atoms with Crippen LogP contribution >= 0.6 is 0 Å². The summed E-state index contributed by atoms with van der Waals surface area (Å²) in [6.07, 6.45) is 4.07. The van der Waals surface area contributed by atoms with Crippen LogP contribution in [0.5, 0.6) is 11.5 Å². The number of hydrogen-bond acceptors (Lipinski definition) is 6. The minimum atomic E-state index is -1.10. The molecule has 0 radical (unpaired) electrons. The van der Waals surface area contributed by atoms with Gasteiger partial charge < -0.3 is 18.9 Å². The summed E-state index contributed by atoms with van der Waals surface area (Å²) in [5.74, 6) is -0.184. The van der Waals surface area contributed by atoms with E-state index >= 15 is 0 Å². The topological polar surface area (TPSA) is 71.1 Å². The summed E-state index contributed by atoms with van der Waals surface area (Å²) >= 11 is 0. The van der Waals surface area contributed by atoms with Crippen LogP contribution < -0.4 is 9.47 Å². The molecule has 6 nitrogen and oxygen atoms in total. The van der Waals surface area contributed by atoms with Crippen molar-refractivity contribution in [1.82, 2.24) is 0 Å². The summed E-state index contributed by atoms with van der Waals surface area (Å²) in [6, 6.07) is 14.9. The van der Waals surface area contributed by atoms with Crippen molar-refractivity contribution >= 4 is 11.9 Å².